The molecule has 4 heterocycles. The van der Waals surface area contributed by atoms with Gasteiger partial charge in [0.15, 0.2) is 0 Å². The maximum atomic E-state index is 13.8. The van der Waals surface area contributed by atoms with Crippen LogP contribution in [0.15, 0.2) is 41.2 Å². The van der Waals surface area contributed by atoms with Crippen LogP contribution in [0, 0.1) is 26.6 Å². The molecule has 0 fully saturated rings. The molecule has 0 spiro atoms. The van der Waals surface area contributed by atoms with Crippen molar-refractivity contribution in [2.75, 3.05) is 7.11 Å². The van der Waals surface area contributed by atoms with Gasteiger partial charge in [-0.3, -0.25) is 0 Å². The van der Waals surface area contributed by atoms with Gasteiger partial charge in [0.1, 0.15) is 29.3 Å². The zero-order valence-corrected chi connectivity index (χ0v) is 18.5. The number of ether oxygens (including phenoxy) is 1. The van der Waals surface area contributed by atoms with Crippen LogP contribution in [0.2, 0.25) is 0 Å². The number of fused-ring (bicyclic) bond motifs is 4. The van der Waals surface area contributed by atoms with Crippen LogP contribution in [0.3, 0.4) is 0 Å². The van der Waals surface area contributed by atoms with Crippen molar-refractivity contribution >= 4 is 32.8 Å². The number of H-pyrrole nitrogens is 2. The van der Waals surface area contributed by atoms with Gasteiger partial charge in [0.2, 0.25) is 0 Å². The summed E-state index contributed by atoms with van der Waals surface area (Å²) in [5.74, 6) is 1.14. The van der Waals surface area contributed by atoms with E-state index in [1.807, 2.05) is 32.9 Å². The summed E-state index contributed by atoms with van der Waals surface area (Å²) in [5.41, 5.74) is 7.53. The van der Waals surface area contributed by atoms with Crippen molar-refractivity contribution in [1.29, 1.82) is 0 Å². The normalized spacial score (nSPS) is 11.8. The zero-order chi connectivity index (χ0) is 22.9. The predicted molar refractivity (Wildman–Crippen MR) is 125 cm³/mol. The molecule has 0 radical (unpaired) electrons. The van der Waals surface area contributed by atoms with E-state index in [1.54, 1.807) is 19.5 Å². The summed E-state index contributed by atoms with van der Waals surface area (Å²) >= 11 is 0. The minimum atomic E-state index is -0.285. The first kappa shape index (κ1) is 19.5. The standard InChI is InChI=1S/C25H20FN5O2/c1-11-22(15-6-5-14(26)7-18(15)29-11)24-23-16-9-20(32-4)17(21-12(2)31-33-13(21)3)8-19(16)30-25(23)28-10-27-24/h5-10,29H,1-4H3,(H,27,28,30). The maximum Gasteiger partial charge on any atom is 0.142 e. The second kappa shape index (κ2) is 6.90. The molecule has 0 aliphatic carbocycles. The van der Waals surface area contributed by atoms with Crippen LogP contribution in [-0.2, 0) is 0 Å². The Hall–Kier alpha value is -4.20. The second-order valence-electron chi connectivity index (χ2n) is 8.18. The molecule has 0 amide bonds. The Morgan fingerprint density at radius 2 is 1.76 bits per heavy atom. The van der Waals surface area contributed by atoms with Gasteiger partial charge < -0.3 is 19.2 Å². The van der Waals surface area contributed by atoms with Crippen LogP contribution in [0.25, 0.3) is 55.2 Å². The molecular weight excluding hydrogens is 421 g/mol. The lowest BCUT2D eigenvalue weighted by molar-refractivity contribution is 0.393. The Balaban J connectivity index is 1.69. The quantitative estimate of drug-likeness (QED) is 0.352. The number of rotatable bonds is 3. The molecule has 0 saturated carbocycles. The summed E-state index contributed by atoms with van der Waals surface area (Å²) in [6, 6.07) is 8.77. The van der Waals surface area contributed by atoms with Crippen molar-refractivity contribution < 1.29 is 13.7 Å². The average Bonchev–Trinajstić information content (AvgIpc) is 3.43. The first-order chi connectivity index (χ1) is 16.0. The second-order valence-corrected chi connectivity index (χ2v) is 8.18. The lowest BCUT2D eigenvalue weighted by Crippen LogP contribution is -1.91. The lowest BCUT2D eigenvalue weighted by atomic mass is 9.99. The Labute approximate surface area is 187 Å². The fourth-order valence-electron chi connectivity index (χ4n) is 4.78. The predicted octanol–water partition coefficient (Wildman–Crippen LogP) is 5.99. The van der Waals surface area contributed by atoms with Crippen molar-refractivity contribution in [3.8, 4) is 28.1 Å². The summed E-state index contributed by atoms with van der Waals surface area (Å²) < 4.78 is 25.0. The third-order valence-electron chi connectivity index (χ3n) is 6.20. The lowest BCUT2D eigenvalue weighted by Gasteiger charge is -2.09. The van der Waals surface area contributed by atoms with Crippen molar-refractivity contribution in [3.63, 3.8) is 0 Å². The zero-order valence-electron chi connectivity index (χ0n) is 18.5. The molecule has 6 aromatic rings. The molecule has 33 heavy (non-hydrogen) atoms. The number of hydrogen-bond donors (Lipinski definition) is 2. The number of halogens is 1. The van der Waals surface area contributed by atoms with Crippen molar-refractivity contribution in [3.05, 3.63) is 59.6 Å². The molecule has 0 unspecified atom stereocenters. The molecule has 2 N–H and O–H groups in total. The third-order valence-corrected chi connectivity index (χ3v) is 6.20. The van der Waals surface area contributed by atoms with E-state index in [2.05, 4.69) is 25.1 Å². The van der Waals surface area contributed by atoms with E-state index in [0.717, 1.165) is 66.7 Å². The van der Waals surface area contributed by atoms with Crippen LogP contribution < -0.4 is 4.74 Å². The van der Waals surface area contributed by atoms with E-state index < -0.39 is 0 Å². The molecule has 2 aromatic carbocycles. The first-order valence-electron chi connectivity index (χ1n) is 10.5. The van der Waals surface area contributed by atoms with Gasteiger partial charge in [-0.1, -0.05) is 5.16 Å². The third kappa shape index (κ3) is 2.77. The Bertz CT molecular complexity index is 1690. The largest absolute Gasteiger partial charge is 0.496 e. The number of hydrogen-bond acceptors (Lipinski definition) is 5. The fraction of sp³-hybridized carbons (Fsp3) is 0.160. The molecule has 8 heteroatoms. The van der Waals surface area contributed by atoms with E-state index in [-0.39, 0.29) is 5.82 Å². The van der Waals surface area contributed by atoms with E-state index in [0.29, 0.717) is 11.4 Å². The monoisotopic (exact) mass is 441 g/mol. The van der Waals surface area contributed by atoms with Crippen LogP contribution in [0.4, 0.5) is 4.39 Å². The number of aryl methyl sites for hydroxylation is 3. The highest BCUT2D eigenvalue weighted by molar-refractivity contribution is 6.16. The van der Waals surface area contributed by atoms with Gasteiger partial charge in [0.05, 0.1) is 29.4 Å². The minimum absolute atomic E-state index is 0.285. The van der Waals surface area contributed by atoms with Gasteiger partial charge in [-0.15, -0.1) is 0 Å². The molecule has 6 rings (SSSR count). The van der Waals surface area contributed by atoms with Crippen LogP contribution in [-0.4, -0.2) is 32.2 Å². The van der Waals surface area contributed by atoms with Crippen LogP contribution >= 0.6 is 0 Å². The van der Waals surface area contributed by atoms with E-state index in [9.17, 15) is 4.39 Å². The molecule has 0 bridgehead atoms. The van der Waals surface area contributed by atoms with Gasteiger partial charge >= 0.3 is 0 Å². The Morgan fingerprint density at radius 3 is 2.52 bits per heavy atom. The first-order valence-corrected chi connectivity index (χ1v) is 10.5. The molecule has 164 valence electrons. The smallest absolute Gasteiger partial charge is 0.142 e. The molecule has 4 aromatic heterocycles. The summed E-state index contributed by atoms with van der Waals surface area (Å²) in [6.07, 6.45) is 1.54. The SMILES string of the molecule is COc1cc2c(cc1-c1c(C)noc1C)[nH]c1ncnc(-c3c(C)[nH]c4cc(F)ccc34)c12. The summed E-state index contributed by atoms with van der Waals surface area (Å²) in [5, 5.41) is 6.81. The average molecular weight is 441 g/mol. The molecule has 0 aliphatic rings. The highest BCUT2D eigenvalue weighted by atomic mass is 19.1. The number of aromatic amines is 2. The van der Waals surface area contributed by atoms with Crippen molar-refractivity contribution in [2.24, 2.45) is 0 Å². The molecule has 7 nitrogen and oxygen atoms in total. The van der Waals surface area contributed by atoms with E-state index in [4.69, 9.17) is 9.26 Å². The summed E-state index contributed by atoms with van der Waals surface area (Å²) in [7, 11) is 1.65. The van der Waals surface area contributed by atoms with E-state index >= 15 is 0 Å². The maximum absolute atomic E-state index is 13.8. The van der Waals surface area contributed by atoms with Crippen LogP contribution in [0.5, 0.6) is 5.75 Å². The van der Waals surface area contributed by atoms with Crippen molar-refractivity contribution in [1.82, 2.24) is 25.1 Å². The number of methoxy groups -OCH3 is 1. The van der Waals surface area contributed by atoms with Crippen LogP contribution in [0.1, 0.15) is 17.1 Å². The molecule has 0 saturated heterocycles. The van der Waals surface area contributed by atoms with E-state index in [1.165, 1.54) is 12.1 Å². The summed E-state index contributed by atoms with van der Waals surface area (Å²) in [4.78, 5) is 15.8. The number of nitrogens with one attached hydrogen (secondary N) is 2. The van der Waals surface area contributed by atoms with Gasteiger partial charge in [0, 0.05) is 38.6 Å². The minimum Gasteiger partial charge on any atom is -0.496 e. The van der Waals surface area contributed by atoms with Gasteiger partial charge in [-0.25, -0.2) is 14.4 Å². The summed E-state index contributed by atoms with van der Waals surface area (Å²) in [6.45, 7) is 5.76. The Kier molecular flexibility index (Phi) is 4.07. The van der Waals surface area contributed by atoms with Gasteiger partial charge in [-0.05, 0) is 51.1 Å². The van der Waals surface area contributed by atoms with Gasteiger partial charge in [0.25, 0.3) is 0 Å². The number of benzene rings is 2. The Morgan fingerprint density at radius 1 is 0.939 bits per heavy atom. The van der Waals surface area contributed by atoms with Crippen molar-refractivity contribution in [2.45, 2.75) is 20.8 Å². The highest BCUT2D eigenvalue weighted by Crippen LogP contribution is 2.42. The molecule has 0 aliphatic heterocycles. The molecule has 0 atom stereocenters. The fourth-order valence-corrected chi connectivity index (χ4v) is 4.78. The highest BCUT2D eigenvalue weighted by Gasteiger charge is 2.22. The number of aromatic nitrogens is 5. The molecular formula is C25H20FN5O2. The number of nitrogens with zero attached hydrogens (tertiary/aromatic N) is 3. The topological polar surface area (TPSA) is 92.6 Å². The van der Waals surface area contributed by atoms with Gasteiger partial charge in [-0.2, -0.15) is 0 Å².